The van der Waals surface area contributed by atoms with Crippen LogP contribution < -0.4 is 4.90 Å². The van der Waals surface area contributed by atoms with Crippen LogP contribution in [0, 0.1) is 0 Å². The number of rotatable bonds is 2. The van der Waals surface area contributed by atoms with Gasteiger partial charge in [0.25, 0.3) is 0 Å². The predicted octanol–water partition coefficient (Wildman–Crippen LogP) is 5.89. The molecule has 0 radical (unpaired) electrons. The summed E-state index contributed by atoms with van der Waals surface area (Å²) in [6, 6.07) is 8.54. The largest absolute Gasteiger partial charge is 0.416 e. The average molecular weight is 405 g/mol. The normalized spacial score (nSPS) is 21.0. The Morgan fingerprint density at radius 3 is 1.70 bits per heavy atom. The molecule has 2 nitrogen and oxygen atoms in total. The van der Waals surface area contributed by atoms with Crippen LogP contribution in [0.4, 0.5) is 32.0 Å². The number of amides is 1. The number of carbonyl (C=O) groups is 1. The van der Waals surface area contributed by atoms with Crippen molar-refractivity contribution in [3.8, 4) is 0 Å². The van der Waals surface area contributed by atoms with E-state index in [4.69, 9.17) is 0 Å². The number of nitrogens with zero attached hydrogens (tertiary/aromatic N) is 1. The molecule has 1 aliphatic rings. The predicted molar refractivity (Wildman–Crippen MR) is 90.2 cm³/mol. The Labute approximate surface area is 155 Å². The van der Waals surface area contributed by atoms with Crippen LogP contribution in [0.1, 0.15) is 29.0 Å². The van der Waals surface area contributed by atoms with Gasteiger partial charge in [0.1, 0.15) is 5.37 Å². The third-order valence-electron chi connectivity index (χ3n) is 4.15. The monoisotopic (exact) mass is 405 g/mol. The van der Waals surface area contributed by atoms with E-state index in [2.05, 4.69) is 0 Å². The minimum Gasteiger partial charge on any atom is -0.295 e. The lowest BCUT2D eigenvalue weighted by atomic mass is 10.1. The van der Waals surface area contributed by atoms with Crippen LogP contribution in [0.3, 0.4) is 0 Å². The molecule has 0 N–H and O–H groups in total. The van der Waals surface area contributed by atoms with Crippen LogP contribution in [-0.4, -0.2) is 11.2 Å². The van der Waals surface area contributed by atoms with E-state index in [0.29, 0.717) is 5.56 Å². The highest BCUT2D eigenvalue weighted by molar-refractivity contribution is 8.01. The molecule has 0 bridgehead atoms. The second-order valence-corrected chi connectivity index (χ2v) is 7.43. The maximum atomic E-state index is 12.7. The Hall–Kier alpha value is -2.16. The summed E-state index contributed by atoms with van der Waals surface area (Å²) in [7, 11) is 0. The van der Waals surface area contributed by atoms with Gasteiger partial charge < -0.3 is 0 Å². The zero-order chi connectivity index (χ0) is 20.0. The van der Waals surface area contributed by atoms with Gasteiger partial charge >= 0.3 is 12.4 Å². The highest BCUT2D eigenvalue weighted by atomic mass is 32.2. The quantitative estimate of drug-likeness (QED) is 0.581. The third kappa shape index (κ3) is 3.92. The van der Waals surface area contributed by atoms with E-state index in [9.17, 15) is 31.1 Å². The number of carbonyl (C=O) groups excluding carboxylic acids is 1. The fourth-order valence-electron chi connectivity index (χ4n) is 2.76. The number of alkyl halides is 6. The molecular weight excluding hydrogens is 392 g/mol. The van der Waals surface area contributed by atoms with Crippen molar-refractivity contribution in [3.05, 3.63) is 65.2 Å². The number of anilines is 1. The van der Waals surface area contributed by atoms with Gasteiger partial charge in [0.05, 0.1) is 16.4 Å². The molecular formula is C18H13F6NOS. The summed E-state index contributed by atoms with van der Waals surface area (Å²) in [5.41, 5.74) is -0.931. The molecule has 2 atom stereocenters. The van der Waals surface area contributed by atoms with Crippen molar-refractivity contribution >= 4 is 23.4 Å². The molecule has 0 aromatic heterocycles. The molecule has 144 valence electrons. The van der Waals surface area contributed by atoms with E-state index in [-0.39, 0.29) is 11.6 Å². The van der Waals surface area contributed by atoms with E-state index in [0.717, 1.165) is 24.3 Å². The van der Waals surface area contributed by atoms with Gasteiger partial charge in [0.15, 0.2) is 0 Å². The van der Waals surface area contributed by atoms with Crippen LogP contribution >= 0.6 is 11.8 Å². The smallest absolute Gasteiger partial charge is 0.295 e. The Bertz CT molecular complexity index is 829. The van der Waals surface area contributed by atoms with Crippen molar-refractivity contribution in [2.45, 2.75) is 29.9 Å². The first-order chi connectivity index (χ1) is 12.5. The molecule has 0 aliphatic carbocycles. The van der Waals surface area contributed by atoms with Crippen molar-refractivity contribution in [1.82, 2.24) is 0 Å². The maximum absolute atomic E-state index is 12.7. The summed E-state index contributed by atoms with van der Waals surface area (Å²) < 4.78 is 76.4. The molecule has 1 fully saturated rings. The lowest BCUT2D eigenvalue weighted by Gasteiger charge is -2.25. The first-order valence-corrected chi connectivity index (χ1v) is 8.76. The van der Waals surface area contributed by atoms with Gasteiger partial charge in [-0.05, 0) is 48.9 Å². The van der Waals surface area contributed by atoms with Gasteiger partial charge in [-0.2, -0.15) is 26.3 Å². The molecule has 1 aliphatic heterocycles. The molecule has 0 spiro atoms. The fraction of sp³-hybridized carbons (Fsp3) is 0.278. The number of halogens is 6. The van der Waals surface area contributed by atoms with E-state index < -0.39 is 34.1 Å². The zero-order valence-electron chi connectivity index (χ0n) is 13.8. The molecule has 2 aromatic rings. The maximum Gasteiger partial charge on any atom is 0.416 e. The Morgan fingerprint density at radius 1 is 0.815 bits per heavy atom. The molecule has 2 aromatic carbocycles. The molecule has 3 rings (SSSR count). The van der Waals surface area contributed by atoms with Crippen molar-refractivity contribution in [1.29, 1.82) is 0 Å². The standard InChI is InChI=1S/C18H13F6NOS/c1-10-15(26)25(14-8-6-13(7-9-14)18(22,23)24)16(27-10)11-2-4-12(5-3-11)17(19,20)21/h2-10,16H,1H3/t10-,16+/m1/s1. The van der Waals surface area contributed by atoms with Gasteiger partial charge in [0.2, 0.25) is 5.91 Å². The van der Waals surface area contributed by atoms with E-state index >= 15 is 0 Å². The van der Waals surface area contributed by atoms with E-state index in [1.807, 2.05) is 0 Å². The highest BCUT2D eigenvalue weighted by Gasteiger charge is 2.40. The van der Waals surface area contributed by atoms with Crippen LogP contribution in [0.5, 0.6) is 0 Å². The van der Waals surface area contributed by atoms with E-state index in [1.165, 1.54) is 40.9 Å². The number of thioether (sulfide) groups is 1. The van der Waals surface area contributed by atoms with Gasteiger partial charge in [-0.15, -0.1) is 11.8 Å². The minimum atomic E-state index is -4.50. The number of benzene rings is 2. The van der Waals surface area contributed by atoms with Crippen LogP contribution in [0.15, 0.2) is 48.5 Å². The summed E-state index contributed by atoms with van der Waals surface area (Å²) >= 11 is 1.23. The SMILES string of the molecule is C[C@H]1S[C@@H](c2ccc(C(F)(F)F)cc2)N(c2ccc(C(F)(F)F)cc2)C1=O. The zero-order valence-corrected chi connectivity index (χ0v) is 14.6. The Kier molecular flexibility index (Phi) is 4.92. The summed E-state index contributed by atoms with van der Waals surface area (Å²) in [6.45, 7) is 1.65. The Morgan fingerprint density at radius 2 is 1.26 bits per heavy atom. The van der Waals surface area contributed by atoms with Gasteiger partial charge in [-0.3, -0.25) is 9.69 Å². The molecule has 0 unspecified atom stereocenters. The van der Waals surface area contributed by atoms with Crippen molar-refractivity contribution in [2.75, 3.05) is 4.90 Å². The molecule has 27 heavy (non-hydrogen) atoms. The van der Waals surface area contributed by atoms with Crippen LogP contribution in [-0.2, 0) is 17.1 Å². The number of hydrogen-bond acceptors (Lipinski definition) is 2. The molecule has 1 amide bonds. The first kappa shape index (κ1) is 19.6. The molecule has 1 heterocycles. The first-order valence-electron chi connectivity index (χ1n) is 7.81. The second kappa shape index (κ2) is 6.78. The summed E-state index contributed by atoms with van der Waals surface area (Å²) in [4.78, 5) is 13.8. The minimum absolute atomic E-state index is 0.259. The summed E-state index contributed by atoms with van der Waals surface area (Å²) in [5, 5.41) is -1.09. The second-order valence-electron chi connectivity index (χ2n) is 6.00. The summed E-state index contributed by atoms with van der Waals surface area (Å²) in [6.07, 6.45) is -8.97. The summed E-state index contributed by atoms with van der Waals surface area (Å²) in [5.74, 6) is -0.315. The van der Waals surface area contributed by atoms with Crippen LogP contribution in [0.25, 0.3) is 0 Å². The van der Waals surface area contributed by atoms with Crippen molar-refractivity contribution in [3.63, 3.8) is 0 Å². The van der Waals surface area contributed by atoms with Crippen LogP contribution in [0.2, 0.25) is 0 Å². The topological polar surface area (TPSA) is 20.3 Å². The van der Waals surface area contributed by atoms with Gasteiger partial charge in [0, 0.05) is 5.69 Å². The average Bonchev–Trinajstić information content (AvgIpc) is 2.89. The van der Waals surface area contributed by atoms with Crippen molar-refractivity contribution in [2.24, 2.45) is 0 Å². The molecule has 0 saturated carbocycles. The lowest BCUT2D eigenvalue weighted by molar-refractivity contribution is -0.138. The van der Waals surface area contributed by atoms with Gasteiger partial charge in [-0.1, -0.05) is 12.1 Å². The number of hydrogen-bond donors (Lipinski definition) is 0. The fourth-order valence-corrected chi connectivity index (χ4v) is 4.04. The van der Waals surface area contributed by atoms with E-state index in [1.54, 1.807) is 6.92 Å². The lowest BCUT2D eigenvalue weighted by Crippen LogP contribution is -2.30. The Balaban J connectivity index is 1.94. The molecule has 9 heteroatoms. The van der Waals surface area contributed by atoms with Crippen molar-refractivity contribution < 1.29 is 31.1 Å². The highest BCUT2D eigenvalue weighted by Crippen LogP contribution is 2.46. The van der Waals surface area contributed by atoms with Gasteiger partial charge in [-0.25, -0.2) is 0 Å². The molecule has 1 saturated heterocycles. The third-order valence-corrected chi connectivity index (χ3v) is 5.50.